The highest BCUT2D eigenvalue weighted by molar-refractivity contribution is 5.95. The summed E-state index contributed by atoms with van der Waals surface area (Å²) in [6.45, 7) is 2.59. The third kappa shape index (κ3) is 4.62. The molecule has 0 atom stereocenters. The van der Waals surface area contributed by atoms with Crippen molar-refractivity contribution >= 4 is 17.4 Å². The van der Waals surface area contributed by atoms with Gasteiger partial charge < -0.3 is 15.1 Å². The van der Waals surface area contributed by atoms with Crippen LogP contribution >= 0.6 is 0 Å². The van der Waals surface area contributed by atoms with E-state index < -0.39 is 0 Å². The highest BCUT2D eigenvalue weighted by Gasteiger charge is 2.22. The fraction of sp³-hybridized carbons (Fsp3) is 0.348. The molecule has 1 amide bonds. The molecule has 0 aliphatic carbocycles. The fourth-order valence-electron chi connectivity index (χ4n) is 3.78. The number of nitrogens with one attached hydrogen (secondary N) is 2. The van der Waals surface area contributed by atoms with Crippen molar-refractivity contribution in [3.8, 4) is 11.3 Å². The van der Waals surface area contributed by atoms with Crippen LogP contribution in [0.1, 0.15) is 23.2 Å². The van der Waals surface area contributed by atoms with Crippen molar-refractivity contribution in [1.29, 1.82) is 0 Å². The molecule has 1 saturated heterocycles. The Balaban J connectivity index is 1.27. The molecule has 4 rings (SSSR count). The number of rotatable bonds is 6. The Morgan fingerprint density at radius 3 is 2.67 bits per heavy atom. The quantitative estimate of drug-likeness (QED) is 0.660. The van der Waals surface area contributed by atoms with Gasteiger partial charge >= 0.3 is 0 Å². The first-order chi connectivity index (χ1) is 14.6. The number of piperidine rings is 1. The summed E-state index contributed by atoms with van der Waals surface area (Å²) >= 11 is 0. The van der Waals surface area contributed by atoms with E-state index in [2.05, 4.69) is 31.5 Å². The zero-order valence-electron chi connectivity index (χ0n) is 17.5. The van der Waals surface area contributed by atoms with E-state index in [9.17, 15) is 4.79 Å². The summed E-state index contributed by atoms with van der Waals surface area (Å²) < 4.78 is 0. The molecule has 2 aromatic heterocycles. The van der Waals surface area contributed by atoms with Crippen molar-refractivity contribution in [3.05, 3.63) is 60.4 Å². The highest BCUT2D eigenvalue weighted by Crippen LogP contribution is 2.25. The number of aromatic amines is 1. The Morgan fingerprint density at radius 2 is 1.93 bits per heavy atom. The van der Waals surface area contributed by atoms with Crippen LogP contribution in [0.25, 0.3) is 11.3 Å². The van der Waals surface area contributed by atoms with Gasteiger partial charge in [-0.15, -0.1) is 0 Å². The van der Waals surface area contributed by atoms with Crippen LogP contribution in [0.5, 0.6) is 0 Å². The van der Waals surface area contributed by atoms with E-state index in [-0.39, 0.29) is 5.91 Å². The molecule has 0 saturated carbocycles. The van der Waals surface area contributed by atoms with Gasteiger partial charge in [-0.2, -0.15) is 5.10 Å². The first-order valence-corrected chi connectivity index (χ1v) is 10.4. The number of hydrogen-bond acceptors (Lipinski definition) is 5. The Kier molecular flexibility index (Phi) is 5.97. The van der Waals surface area contributed by atoms with E-state index in [0.717, 1.165) is 48.7 Å². The molecule has 30 heavy (non-hydrogen) atoms. The molecule has 1 fully saturated rings. The maximum absolute atomic E-state index is 12.5. The van der Waals surface area contributed by atoms with E-state index >= 15 is 0 Å². The van der Waals surface area contributed by atoms with E-state index in [1.807, 2.05) is 55.4 Å². The van der Waals surface area contributed by atoms with Gasteiger partial charge in [0.2, 0.25) is 0 Å². The van der Waals surface area contributed by atoms with E-state index in [0.29, 0.717) is 18.0 Å². The number of benzene rings is 1. The molecule has 3 aromatic rings. The summed E-state index contributed by atoms with van der Waals surface area (Å²) in [4.78, 5) is 20.9. The SMILES string of the molecule is CN(C)c1cccc(C(=O)NCC2CCN(c3cc(-c4ccncc4)[nH]n3)CC2)c1. The van der Waals surface area contributed by atoms with Crippen molar-refractivity contribution in [2.75, 3.05) is 43.5 Å². The van der Waals surface area contributed by atoms with Crippen molar-refractivity contribution in [1.82, 2.24) is 20.5 Å². The predicted molar refractivity (Wildman–Crippen MR) is 120 cm³/mol. The van der Waals surface area contributed by atoms with Crippen LogP contribution in [-0.2, 0) is 0 Å². The summed E-state index contributed by atoms with van der Waals surface area (Å²) in [6.07, 6.45) is 5.64. The Bertz CT molecular complexity index is 976. The minimum atomic E-state index is -0.00424. The lowest BCUT2D eigenvalue weighted by molar-refractivity contribution is 0.0945. The second kappa shape index (κ2) is 8.98. The van der Waals surface area contributed by atoms with Crippen LogP contribution in [0.15, 0.2) is 54.9 Å². The number of hydrogen-bond donors (Lipinski definition) is 2. The lowest BCUT2D eigenvalue weighted by Gasteiger charge is -2.32. The van der Waals surface area contributed by atoms with Crippen LogP contribution < -0.4 is 15.1 Å². The number of pyridine rings is 1. The summed E-state index contributed by atoms with van der Waals surface area (Å²) in [5, 5.41) is 10.7. The number of carbonyl (C=O) groups is 1. The van der Waals surface area contributed by atoms with Gasteiger partial charge in [-0.05, 0) is 49.1 Å². The minimum Gasteiger partial charge on any atom is -0.378 e. The molecule has 0 radical (unpaired) electrons. The van der Waals surface area contributed by atoms with E-state index in [1.54, 1.807) is 12.4 Å². The van der Waals surface area contributed by atoms with Crippen molar-refractivity contribution in [3.63, 3.8) is 0 Å². The van der Waals surface area contributed by atoms with Gasteiger partial charge in [0.15, 0.2) is 5.82 Å². The molecular formula is C23H28N6O. The molecule has 1 aromatic carbocycles. The van der Waals surface area contributed by atoms with Gasteiger partial charge in [0.25, 0.3) is 5.91 Å². The van der Waals surface area contributed by atoms with Crippen LogP contribution in [0.2, 0.25) is 0 Å². The van der Waals surface area contributed by atoms with E-state index in [4.69, 9.17) is 0 Å². The molecule has 1 aliphatic rings. The first kappa shape index (κ1) is 19.9. The molecular weight excluding hydrogens is 376 g/mol. The van der Waals surface area contributed by atoms with Gasteiger partial charge in [0.1, 0.15) is 0 Å². The minimum absolute atomic E-state index is 0.00424. The monoisotopic (exact) mass is 404 g/mol. The van der Waals surface area contributed by atoms with Gasteiger partial charge in [0.05, 0.1) is 5.69 Å². The zero-order valence-corrected chi connectivity index (χ0v) is 17.5. The van der Waals surface area contributed by atoms with Crippen LogP contribution in [-0.4, -0.2) is 54.8 Å². The topological polar surface area (TPSA) is 77.2 Å². The van der Waals surface area contributed by atoms with Gasteiger partial charge in [-0.3, -0.25) is 14.9 Å². The number of aromatic nitrogens is 3. The average molecular weight is 405 g/mol. The molecule has 1 aliphatic heterocycles. The summed E-state index contributed by atoms with van der Waals surface area (Å²) in [7, 11) is 3.95. The third-order valence-electron chi connectivity index (χ3n) is 5.67. The third-order valence-corrected chi connectivity index (χ3v) is 5.67. The standard InChI is InChI=1S/C23H28N6O/c1-28(2)20-5-3-4-19(14-20)23(30)25-16-17-8-12-29(13-9-17)22-15-21(26-27-22)18-6-10-24-11-7-18/h3-7,10-11,14-15,17H,8-9,12-13,16H2,1-2H3,(H,25,30)(H,26,27). The maximum Gasteiger partial charge on any atom is 0.251 e. The number of anilines is 2. The Morgan fingerprint density at radius 1 is 1.17 bits per heavy atom. The average Bonchev–Trinajstić information content (AvgIpc) is 3.29. The number of H-pyrrole nitrogens is 1. The highest BCUT2D eigenvalue weighted by atomic mass is 16.1. The predicted octanol–water partition coefficient (Wildman–Crippen LogP) is 3.18. The van der Waals surface area contributed by atoms with E-state index in [1.165, 1.54) is 0 Å². The van der Waals surface area contributed by atoms with Crippen molar-refractivity contribution < 1.29 is 4.79 Å². The van der Waals surface area contributed by atoms with Crippen LogP contribution in [0.4, 0.5) is 11.5 Å². The zero-order chi connectivity index (χ0) is 20.9. The molecule has 3 heterocycles. The first-order valence-electron chi connectivity index (χ1n) is 10.4. The molecule has 7 nitrogen and oxygen atoms in total. The van der Waals surface area contributed by atoms with Crippen molar-refractivity contribution in [2.45, 2.75) is 12.8 Å². The van der Waals surface area contributed by atoms with Gasteiger partial charge in [-0.25, -0.2) is 0 Å². The molecule has 2 N–H and O–H groups in total. The number of amides is 1. The van der Waals surface area contributed by atoms with Crippen LogP contribution in [0, 0.1) is 5.92 Å². The molecule has 0 spiro atoms. The molecule has 7 heteroatoms. The number of nitrogens with zero attached hydrogens (tertiary/aromatic N) is 4. The largest absolute Gasteiger partial charge is 0.378 e. The normalized spacial score (nSPS) is 14.5. The molecule has 156 valence electrons. The second-order valence-electron chi connectivity index (χ2n) is 7.96. The fourth-order valence-corrected chi connectivity index (χ4v) is 3.78. The molecule has 0 unspecified atom stereocenters. The Labute approximate surface area is 177 Å². The van der Waals surface area contributed by atoms with Gasteiger partial charge in [-0.1, -0.05) is 6.07 Å². The summed E-state index contributed by atoms with van der Waals surface area (Å²) in [6, 6.07) is 13.8. The van der Waals surface area contributed by atoms with Gasteiger partial charge in [0, 0.05) is 69.0 Å². The maximum atomic E-state index is 12.5. The smallest absolute Gasteiger partial charge is 0.251 e. The Hall–Kier alpha value is -3.35. The second-order valence-corrected chi connectivity index (χ2v) is 7.96. The number of carbonyl (C=O) groups excluding carboxylic acids is 1. The lowest BCUT2D eigenvalue weighted by Crippen LogP contribution is -2.38. The summed E-state index contributed by atoms with van der Waals surface area (Å²) in [5.74, 6) is 1.46. The van der Waals surface area contributed by atoms with Crippen molar-refractivity contribution in [2.24, 2.45) is 5.92 Å². The lowest BCUT2D eigenvalue weighted by atomic mass is 9.96. The summed E-state index contributed by atoms with van der Waals surface area (Å²) in [5.41, 5.74) is 3.82. The van der Waals surface area contributed by atoms with Crippen LogP contribution in [0.3, 0.4) is 0 Å². The molecule has 0 bridgehead atoms.